The van der Waals surface area contributed by atoms with Crippen LogP contribution >= 0.6 is 0 Å². The first-order chi connectivity index (χ1) is 9.61. The van der Waals surface area contributed by atoms with Gasteiger partial charge in [0.15, 0.2) is 0 Å². The molecule has 5 nitrogen and oxygen atoms in total. The summed E-state index contributed by atoms with van der Waals surface area (Å²) >= 11 is 0. The third-order valence-electron chi connectivity index (χ3n) is 5.03. The first kappa shape index (κ1) is 13.9. The monoisotopic (exact) mass is 279 g/mol. The molecule has 0 bridgehead atoms. The quantitative estimate of drug-likeness (QED) is 0.823. The van der Waals surface area contributed by atoms with E-state index in [1.165, 1.54) is 0 Å². The molecule has 20 heavy (non-hydrogen) atoms. The van der Waals surface area contributed by atoms with Crippen LogP contribution in [0.4, 0.5) is 0 Å². The van der Waals surface area contributed by atoms with Gasteiger partial charge in [0.25, 0.3) is 0 Å². The SMILES string of the molecule is CCN1CCCC(N2C(=O)C(C3CC3)NC(=O)C2C)C1. The van der Waals surface area contributed by atoms with Gasteiger partial charge in [0.2, 0.25) is 11.8 Å². The molecule has 0 spiro atoms. The Balaban J connectivity index is 1.77. The Morgan fingerprint density at radius 3 is 2.65 bits per heavy atom. The van der Waals surface area contributed by atoms with Gasteiger partial charge in [0.05, 0.1) is 0 Å². The van der Waals surface area contributed by atoms with E-state index in [9.17, 15) is 9.59 Å². The number of piperazine rings is 1. The Hall–Kier alpha value is -1.10. The van der Waals surface area contributed by atoms with E-state index in [1.807, 2.05) is 11.8 Å². The maximum atomic E-state index is 12.7. The van der Waals surface area contributed by atoms with Crippen molar-refractivity contribution in [1.29, 1.82) is 0 Å². The summed E-state index contributed by atoms with van der Waals surface area (Å²) in [7, 11) is 0. The topological polar surface area (TPSA) is 52.6 Å². The lowest BCUT2D eigenvalue weighted by molar-refractivity contribution is -0.153. The van der Waals surface area contributed by atoms with Gasteiger partial charge in [-0.2, -0.15) is 0 Å². The van der Waals surface area contributed by atoms with Crippen LogP contribution in [0.5, 0.6) is 0 Å². The highest BCUT2D eigenvalue weighted by atomic mass is 16.2. The van der Waals surface area contributed by atoms with Gasteiger partial charge in [0, 0.05) is 12.6 Å². The van der Waals surface area contributed by atoms with Crippen molar-refractivity contribution in [3.8, 4) is 0 Å². The van der Waals surface area contributed by atoms with E-state index >= 15 is 0 Å². The fraction of sp³-hybridized carbons (Fsp3) is 0.867. The van der Waals surface area contributed by atoms with Crippen molar-refractivity contribution >= 4 is 11.8 Å². The normalized spacial score (nSPS) is 36.1. The van der Waals surface area contributed by atoms with E-state index in [-0.39, 0.29) is 29.9 Å². The predicted molar refractivity (Wildman–Crippen MR) is 76.1 cm³/mol. The summed E-state index contributed by atoms with van der Waals surface area (Å²) in [6, 6.07) is -0.367. The van der Waals surface area contributed by atoms with Gasteiger partial charge in [0.1, 0.15) is 12.1 Å². The lowest BCUT2D eigenvalue weighted by Gasteiger charge is -2.45. The largest absolute Gasteiger partial charge is 0.342 e. The molecule has 1 saturated carbocycles. The van der Waals surface area contributed by atoms with Gasteiger partial charge in [-0.25, -0.2) is 0 Å². The molecule has 2 heterocycles. The molecule has 2 amide bonds. The molecule has 3 atom stereocenters. The molecule has 5 heteroatoms. The maximum Gasteiger partial charge on any atom is 0.246 e. The van der Waals surface area contributed by atoms with Crippen molar-refractivity contribution in [2.24, 2.45) is 5.92 Å². The van der Waals surface area contributed by atoms with Gasteiger partial charge in [-0.1, -0.05) is 6.92 Å². The summed E-state index contributed by atoms with van der Waals surface area (Å²) < 4.78 is 0. The van der Waals surface area contributed by atoms with Crippen molar-refractivity contribution in [2.75, 3.05) is 19.6 Å². The third-order valence-corrected chi connectivity index (χ3v) is 5.03. The molecule has 3 rings (SSSR count). The molecule has 2 saturated heterocycles. The van der Waals surface area contributed by atoms with Crippen molar-refractivity contribution in [3.05, 3.63) is 0 Å². The second-order valence-corrected chi connectivity index (χ2v) is 6.43. The maximum absolute atomic E-state index is 12.7. The van der Waals surface area contributed by atoms with Crippen LogP contribution in [-0.4, -0.2) is 59.4 Å². The zero-order valence-electron chi connectivity index (χ0n) is 12.5. The summed E-state index contributed by atoms with van der Waals surface area (Å²) in [6.45, 7) is 7.06. The molecule has 0 aromatic rings. The number of likely N-dealkylation sites (tertiary alicyclic amines) is 1. The molecule has 1 N–H and O–H groups in total. The second-order valence-electron chi connectivity index (χ2n) is 6.43. The van der Waals surface area contributed by atoms with E-state index in [0.717, 1.165) is 45.3 Å². The Labute approximate surface area is 120 Å². The highest BCUT2D eigenvalue weighted by Crippen LogP contribution is 2.36. The van der Waals surface area contributed by atoms with Crippen LogP contribution in [0.15, 0.2) is 0 Å². The Morgan fingerprint density at radius 2 is 2.00 bits per heavy atom. The number of carbonyl (C=O) groups is 2. The minimum absolute atomic E-state index is 0.0233. The number of rotatable bonds is 3. The van der Waals surface area contributed by atoms with Crippen molar-refractivity contribution in [1.82, 2.24) is 15.1 Å². The number of hydrogen-bond acceptors (Lipinski definition) is 3. The van der Waals surface area contributed by atoms with E-state index in [0.29, 0.717) is 5.92 Å². The number of amides is 2. The van der Waals surface area contributed by atoms with Crippen LogP contribution in [-0.2, 0) is 9.59 Å². The zero-order valence-corrected chi connectivity index (χ0v) is 12.5. The molecule has 1 aliphatic carbocycles. The number of carbonyl (C=O) groups excluding carboxylic acids is 2. The number of nitrogens with one attached hydrogen (secondary N) is 1. The molecule has 3 aliphatic rings. The zero-order chi connectivity index (χ0) is 14.3. The van der Waals surface area contributed by atoms with Crippen molar-refractivity contribution in [2.45, 2.75) is 57.7 Å². The van der Waals surface area contributed by atoms with E-state index in [1.54, 1.807) is 0 Å². The number of nitrogens with zero attached hydrogens (tertiary/aromatic N) is 2. The Bertz CT molecular complexity index is 408. The first-order valence-corrected chi connectivity index (χ1v) is 7.96. The van der Waals surface area contributed by atoms with Crippen molar-refractivity contribution < 1.29 is 9.59 Å². The molecule has 0 aromatic carbocycles. The van der Waals surface area contributed by atoms with Crippen LogP contribution < -0.4 is 5.32 Å². The van der Waals surface area contributed by atoms with Crippen LogP contribution in [0.3, 0.4) is 0 Å². The van der Waals surface area contributed by atoms with Gasteiger partial charge in [-0.05, 0) is 51.6 Å². The lowest BCUT2D eigenvalue weighted by atomic mass is 9.97. The first-order valence-electron chi connectivity index (χ1n) is 7.96. The molecule has 2 aliphatic heterocycles. The van der Waals surface area contributed by atoms with E-state index in [4.69, 9.17) is 0 Å². The van der Waals surface area contributed by atoms with Crippen LogP contribution in [0, 0.1) is 5.92 Å². The van der Waals surface area contributed by atoms with Gasteiger partial charge < -0.3 is 15.1 Å². The fourth-order valence-corrected chi connectivity index (χ4v) is 3.60. The molecule has 112 valence electrons. The fourth-order valence-electron chi connectivity index (χ4n) is 3.60. The number of hydrogen-bond donors (Lipinski definition) is 1. The molecule has 0 radical (unpaired) electrons. The average molecular weight is 279 g/mol. The van der Waals surface area contributed by atoms with Gasteiger partial charge in [-0.3, -0.25) is 9.59 Å². The minimum Gasteiger partial charge on any atom is -0.342 e. The minimum atomic E-state index is -0.320. The van der Waals surface area contributed by atoms with Gasteiger partial charge in [-0.15, -0.1) is 0 Å². The summed E-state index contributed by atoms with van der Waals surface area (Å²) in [5, 5.41) is 2.93. The lowest BCUT2D eigenvalue weighted by Crippen LogP contribution is -2.67. The van der Waals surface area contributed by atoms with Crippen LogP contribution in [0.1, 0.15) is 39.5 Å². The molecule has 3 unspecified atom stereocenters. The Kier molecular flexibility index (Phi) is 3.71. The standard InChI is InChI=1S/C15H25N3O2/c1-3-17-8-4-5-12(9-17)18-10(2)14(19)16-13(15(18)20)11-6-7-11/h10-13H,3-9H2,1-2H3,(H,16,19). The second kappa shape index (κ2) is 5.35. The van der Waals surface area contributed by atoms with E-state index in [2.05, 4.69) is 17.1 Å². The average Bonchev–Trinajstić information content (AvgIpc) is 3.28. The molecule has 3 fully saturated rings. The molecule has 0 aromatic heterocycles. The van der Waals surface area contributed by atoms with Crippen LogP contribution in [0.2, 0.25) is 0 Å². The van der Waals surface area contributed by atoms with Crippen LogP contribution in [0.25, 0.3) is 0 Å². The van der Waals surface area contributed by atoms with Crippen molar-refractivity contribution in [3.63, 3.8) is 0 Å². The predicted octanol–water partition coefficient (Wildman–Crippen LogP) is 0.596. The molecular formula is C15H25N3O2. The Morgan fingerprint density at radius 1 is 1.25 bits per heavy atom. The van der Waals surface area contributed by atoms with E-state index < -0.39 is 0 Å². The number of likely N-dealkylation sites (N-methyl/N-ethyl adjacent to an activating group) is 1. The smallest absolute Gasteiger partial charge is 0.246 e. The highest BCUT2D eigenvalue weighted by molar-refractivity contribution is 5.97. The summed E-state index contributed by atoms with van der Waals surface area (Å²) in [4.78, 5) is 29.2. The number of piperidine rings is 1. The summed E-state index contributed by atoms with van der Waals surface area (Å²) in [6.07, 6.45) is 4.29. The highest BCUT2D eigenvalue weighted by Gasteiger charge is 2.47. The van der Waals surface area contributed by atoms with Gasteiger partial charge >= 0.3 is 0 Å². The summed E-state index contributed by atoms with van der Waals surface area (Å²) in [5.41, 5.74) is 0. The summed E-state index contributed by atoms with van der Waals surface area (Å²) in [5.74, 6) is 0.560. The third kappa shape index (κ3) is 2.43. The molecular weight excluding hydrogens is 254 g/mol.